The van der Waals surface area contributed by atoms with Gasteiger partial charge in [0.2, 0.25) is 0 Å². The molecule has 2 nitrogen and oxygen atoms in total. The third-order valence-corrected chi connectivity index (χ3v) is 3.36. The van der Waals surface area contributed by atoms with E-state index in [0.29, 0.717) is 12.0 Å². The molecule has 3 heteroatoms. The van der Waals surface area contributed by atoms with Crippen LogP contribution in [0.5, 0.6) is 0 Å². The monoisotopic (exact) mass is 222 g/mol. The van der Waals surface area contributed by atoms with Gasteiger partial charge in [-0.1, -0.05) is 6.07 Å². The molecule has 1 aliphatic rings. The van der Waals surface area contributed by atoms with E-state index in [1.165, 1.54) is 12.5 Å². The van der Waals surface area contributed by atoms with Gasteiger partial charge in [0, 0.05) is 25.3 Å². The highest BCUT2D eigenvalue weighted by Gasteiger charge is 2.22. The fourth-order valence-corrected chi connectivity index (χ4v) is 2.49. The quantitative estimate of drug-likeness (QED) is 0.851. The van der Waals surface area contributed by atoms with Gasteiger partial charge >= 0.3 is 0 Å². The Morgan fingerprint density at radius 2 is 2.25 bits per heavy atom. The Hall–Kier alpha value is -1.09. The van der Waals surface area contributed by atoms with Gasteiger partial charge in [-0.3, -0.25) is 0 Å². The predicted octanol–water partition coefficient (Wildman–Crippen LogP) is 2.39. The highest BCUT2D eigenvalue weighted by molar-refractivity contribution is 5.45. The molecule has 0 radical (unpaired) electrons. The minimum absolute atomic E-state index is 0.174. The van der Waals surface area contributed by atoms with E-state index in [-0.39, 0.29) is 5.82 Å². The van der Waals surface area contributed by atoms with Crippen LogP contribution in [0.15, 0.2) is 24.3 Å². The average Bonchev–Trinajstić information content (AvgIpc) is 2.64. The van der Waals surface area contributed by atoms with E-state index in [1.807, 2.05) is 13.1 Å². The Morgan fingerprint density at radius 3 is 2.88 bits per heavy atom. The van der Waals surface area contributed by atoms with E-state index in [9.17, 15) is 4.39 Å². The molecule has 1 aliphatic carbocycles. The first-order valence-corrected chi connectivity index (χ1v) is 5.87. The summed E-state index contributed by atoms with van der Waals surface area (Å²) in [5, 5.41) is 0. The fourth-order valence-electron chi connectivity index (χ4n) is 2.49. The Kier molecular flexibility index (Phi) is 3.44. The molecule has 1 fully saturated rings. The lowest BCUT2D eigenvalue weighted by molar-refractivity contribution is 0.535. The van der Waals surface area contributed by atoms with Crippen LogP contribution < -0.4 is 10.6 Å². The minimum atomic E-state index is -0.174. The van der Waals surface area contributed by atoms with Crippen LogP contribution in [0.3, 0.4) is 0 Å². The van der Waals surface area contributed by atoms with Gasteiger partial charge in [0.05, 0.1) is 0 Å². The third-order valence-electron chi connectivity index (χ3n) is 3.36. The molecule has 88 valence electrons. The molecule has 1 aromatic rings. The number of nitrogens with two attached hydrogens (primary N) is 1. The van der Waals surface area contributed by atoms with E-state index in [0.717, 1.165) is 25.1 Å². The van der Waals surface area contributed by atoms with E-state index in [2.05, 4.69) is 4.90 Å². The molecular formula is C13H19FN2. The minimum Gasteiger partial charge on any atom is -0.374 e. The second kappa shape index (κ2) is 4.83. The summed E-state index contributed by atoms with van der Waals surface area (Å²) >= 11 is 0. The molecule has 2 N–H and O–H groups in total. The molecule has 2 atom stereocenters. The largest absolute Gasteiger partial charge is 0.374 e. The molecule has 2 rings (SSSR count). The molecule has 1 aromatic carbocycles. The Labute approximate surface area is 96.2 Å². The second-order valence-electron chi connectivity index (χ2n) is 4.80. The number of anilines is 1. The summed E-state index contributed by atoms with van der Waals surface area (Å²) in [7, 11) is 2.01. The van der Waals surface area contributed by atoms with Crippen LogP contribution >= 0.6 is 0 Å². The molecular weight excluding hydrogens is 203 g/mol. The van der Waals surface area contributed by atoms with E-state index >= 15 is 0 Å². The number of nitrogens with zero attached hydrogens (tertiary/aromatic N) is 1. The van der Waals surface area contributed by atoms with Gasteiger partial charge < -0.3 is 10.6 Å². The van der Waals surface area contributed by atoms with Crippen LogP contribution in [0, 0.1) is 11.7 Å². The van der Waals surface area contributed by atoms with Gasteiger partial charge in [-0.05, 0) is 43.4 Å². The van der Waals surface area contributed by atoms with Crippen molar-refractivity contribution in [3.8, 4) is 0 Å². The maximum atomic E-state index is 13.1. The number of hydrogen-bond acceptors (Lipinski definition) is 2. The topological polar surface area (TPSA) is 29.3 Å². The zero-order valence-electron chi connectivity index (χ0n) is 9.70. The van der Waals surface area contributed by atoms with Crippen LogP contribution in [0.25, 0.3) is 0 Å². The first-order valence-electron chi connectivity index (χ1n) is 5.87. The number of hydrogen-bond donors (Lipinski definition) is 1. The maximum absolute atomic E-state index is 13.1. The molecule has 16 heavy (non-hydrogen) atoms. The molecule has 2 unspecified atom stereocenters. The third kappa shape index (κ3) is 2.73. The van der Waals surface area contributed by atoms with Gasteiger partial charge in [-0.15, -0.1) is 0 Å². The smallest absolute Gasteiger partial charge is 0.125 e. The zero-order chi connectivity index (χ0) is 11.5. The van der Waals surface area contributed by atoms with Gasteiger partial charge in [0.15, 0.2) is 0 Å². The summed E-state index contributed by atoms with van der Waals surface area (Å²) < 4.78 is 13.1. The lowest BCUT2D eigenvalue weighted by Crippen LogP contribution is -2.25. The molecule has 0 amide bonds. The number of rotatable bonds is 3. The highest BCUT2D eigenvalue weighted by Crippen LogP contribution is 2.26. The SMILES string of the molecule is CN(CC1CCC(N)C1)c1cccc(F)c1. The second-order valence-corrected chi connectivity index (χ2v) is 4.80. The predicted molar refractivity (Wildman–Crippen MR) is 65.0 cm³/mol. The van der Waals surface area contributed by atoms with Crippen LogP contribution in [-0.4, -0.2) is 19.6 Å². The molecule has 0 aromatic heterocycles. The molecule has 0 saturated heterocycles. The number of halogens is 1. The van der Waals surface area contributed by atoms with Gasteiger partial charge in [0.1, 0.15) is 5.82 Å². The van der Waals surface area contributed by atoms with E-state index < -0.39 is 0 Å². The van der Waals surface area contributed by atoms with Gasteiger partial charge in [-0.2, -0.15) is 0 Å². The number of benzene rings is 1. The summed E-state index contributed by atoms with van der Waals surface area (Å²) in [5.74, 6) is 0.482. The van der Waals surface area contributed by atoms with Crippen molar-refractivity contribution >= 4 is 5.69 Å². The zero-order valence-corrected chi connectivity index (χ0v) is 9.70. The first kappa shape index (κ1) is 11.4. The lowest BCUT2D eigenvalue weighted by Gasteiger charge is -2.23. The van der Waals surface area contributed by atoms with Crippen LogP contribution in [0.4, 0.5) is 10.1 Å². The van der Waals surface area contributed by atoms with Gasteiger partial charge in [0.25, 0.3) is 0 Å². The van der Waals surface area contributed by atoms with Crippen molar-refractivity contribution in [2.75, 3.05) is 18.5 Å². The van der Waals surface area contributed by atoms with E-state index in [4.69, 9.17) is 5.73 Å². The van der Waals surface area contributed by atoms with Crippen molar-refractivity contribution in [1.29, 1.82) is 0 Å². The molecule has 0 aliphatic heterocycles. The summed E-state index contributed by atoms with van der Waals surface area (Å²) in [6, 6.07) is 7.11. The summed E-state index contributed by atoms with van der Waals surface area (Å²) in [4.78, 5) is 2.12. The molecule has 0 bridgehead atoms. The van der Waals surface area contributed by atoms with Crippen molar-refractivity contribution in [2.24, 2.45) is 11.7 Å². The van der Waals surface area contributed by atoms with Crippen molar-refractivity contribution in [1.82, 2.24) is 0 Å². The van der Waals surface area contributed by atoms with Gasteiger partial charge in [-0.25, -0.2) is 4.39 Å². The van der Waals surface area contributed by atoms with Crippen molar-refractivity contribution in [3.63, 3.8) is 0 Å². The van der Waals surface area contributed by atoms with Crippen LogP contribution in [0.1, 0.15) is 19.3 Å². The Morgan fingerprint density at radius 1 is 1.44 bits per heavy atom. The highest BCUT2D eigenvalue weighted by atomic mass is 19.1. The Balaban J connectivity index is 1.95. The van der Waals surface area contributed by atoms with Crippen LogP contribution in [-0.2, 0) is 0 Å². The Bertz CT molecular complexity index is 354. The summed E-state index contributed by atoms with van der Waals surface area (Å²) in [6.45, 7) is 0.969. The lowest BCUT2D eigenvalue weighted by atomic mass is 10.1. The standard InChI is InChI=1S/C13H19FN2/c1-16(9-10-5-6-12(15)7-10)13-4-2-3-11(14)8-13/h2-4,8,10,12H,5-7,9,15H2,1H3. The molecule has 1 saturated carbocycles. The van der Waals surface area contributed by atoms with Crippen molar-refractivity contribution in [2.45, 2.75) is 25.3 Å². The normalized spacial score (nSPS) is 24.7. The average molecular weight is 222 g/mol. The van der Waals surface area contributed by atoms with E-state index in [1.54, 1.807) is 12.1 Å². The first-order chi connectivity index (χ1) is 7.65. The summed E-state index contributed by atoms with van der Waals surface area (Å²) in [6.07, 6.45) is 3.42. The van der Waals surface area contributed by atoms with Crippen molar-refractivity contribution in [3.05, 3.63) is 30.1 Å². The maximum Gasteiger partial charge on any atom is 0.125 e. The summed E-state index contributed by atoms with van der Waals surface area (Å²) in [5.41, 5.74) is 6.83. The fraction of sp³-hybridized carbons (Fsp3) is 0.538. The molecule has 0 heterocycles. The van der Waals surface area contributed by atoms with Crippen LogP contribution in [0.2, 0.25) is 0 Å². The van der Waals surface area contributed by atoms with Crippen molar-refractivity contribution < 1.29 is 4.39 Å². The molecule has 0 spiro atoms.